The minimum absolute atomic E-state index is 0.135. The standard InChI is InChI=1S/C22H17FN4O/c23-16-8-6-13-7-9-19(25-14-4-2-1-3-5-14)27-21(13)20(16)18-12-15-17(26-18)10-11-24-22(15)28/h1-9,12,26H,10-11H2,(H,24,28)(H,25,27). The third-order valence-electron chi connectivity index (χ3n) is 4.93. The van der Waals surface area contributed by atoms with Gasteiger partial charge in [0.2, 0.25) is 0 Å². The highest BCUT2D eigenvalue weighted by Crippen LogP contribution is 2.33. The fraction of sp³-hybridized carbons (Fsp3) is 0.0909. The predicted molar refractivity (Wildman–Crippen MR) is 107 cm³/mol. The van der Waals surface area contributed by atoms with Gasteiger partial charge in [-0.25, -0.2) is 9.37 Å². The molecule has 2 aromatic heterocycles. The maximum Gasteiger partial charge on any atom is 0.253 e. The normalized spacial score (nSPS) is 13.2. The van der Waals surface area contributed by atoms with E-state index in [1.165, 1.54) is 6.07 Å². The molecule has 6 heteroatoms. The van der Waals surface area contributed by atoms with E-state index in [2.05, 4.69) is 20.6 Å². The summed E-state index contributed by atoms with van der Waals surface area (Å²) in [5, 5.41) is 6.88. The number of nitrogens with one attached hydrogen (secondary N) is 3. The molecular formula is C22H17FN4O. The van der Waals surface area contributed by atoms with E-state index in [9.17, 15) is 9.18 Å². The molecule has 0 saturated heterocycles. The SMILES string of the molecule is O=C1NCCc2[nH]c(-c3c(F)ccc4ccc(Nc5ccccc5)nc34)cc21. The van der Waals surface area contributed by atoms with Crippen molar-refractivity contribution in [2.75, 3.05) is 11.9 Å². The molecule has 5 rings (SSSR count). The van der Waals surface area contributed by atoms with Gasteiger partial charge in [0.15, 0.2) is 0 Å². The molecule has 0 fully saturated rings. The smallest absolute Gasteiger partial charge is 0.253 e. The van der Waals surface area contributed by atoms with Gasteiger partial charge in [0.1, 0.15) is 11.6 Å². The molecule has 0 aliphatic carbocycles. The molecule has 1 aliphatic rings. The number of nitrogens with zero attached hydrogens (tertiary/aromatic N) is 1. The highest BCUT2D eigenvalue weighted by molar-refractivity contribution is 6.00. The molecular weight excluding hydrogens is 355 g/mol. The van der Waals surface area contributed by atoms with Gasteiger partial charge in [-0.15, -0.1) is 0 Å². The van der Waals surface area contributed by atoms with Crippen molar-refractivity contribution in [3.8, 4) is 11.3 Å². The number of hydrogen-bond acceptors (Lipinski definition) is 3. The number of carbonyl (C=O) groups is 1. The fourth-order valence-electron chi connectivity index (χ4n) is 3.59. The number of halogens is 1. The van der Waals surface area contributed by atoms with Gasteiger partial charge in [0.25, 0.3) is 5.91 Å². The predicted octanol–water partition coefficient (Wildman–Crippen LogP) is 4.40. The quantitative estimate of drug-likeness (QED) is 0.499. The second kappa shape index (κ2) is 6.49. The molecule has 0 radical (unpaired) electrons. The molecule has 1 aliphatic heterocycles. The van der Waals surface area contributed by atoms with Crippen LogP contribution < -0.4 is 10.6 Å². The lowest BCUT2D eigenvalue weighted by Crippen LogP contribution is -2.31. The van der Waals surface area contributed by atoms with E-state index in [1.807, 2.05) is 42.5 Å². The van der Waals surface area contributed by atoms with Gasteiger partial charge in [-0.3, -0.25) is 4.79 Å². The zero-order valence-electron chi connectivity index (χ0n) is 14.9. The van der Waals surface area contributed by atoms with Gasteiger partial charge in [-0.2, -0.15) is 0 Å². The summed E-state index contributed by atoms with van der Waals surface area (Å²) in [6, 6.07) is 18.3. The van der Waals surface area contributed by atoms with Crippen LogP contribution in [0.2, 0.25) is 0 Å². The van der Waals surface area contributed by atoms with Crippen LogP contribution in [0, 0.1) is 5.82 Å². The van der Waals surface area contributed by atoms with E-state index >= 15 is 0 Å². The molecule has 28 heavy (non-hydrogen) atoms. The molecule has 1 amide bonds. The number of para-hydroxylation sites is 1. The summed E-state index contributed by atoms with van der Waals surface area (Å²) in [5.41, 5.74) is 3.77. The van der Waals surface area contributed by atoms with Crippen LogP contribution in [0.4, 0.5) is 15.9 Å². The fourth-order valence-corrected chi connectivity index (χ4v) is 3.59. The first-order valence-electron chi connectivity index (χ1n) is 9.11. The van der Waals surface area contributed by atoms with Gasteiger partial charge in [0, 0.05) is 29.7 Å². The van der Waals surface area contributed by atoms with Gasteiger partial charge in [-0.1, -0.05) is 18.2 Å². The molecule has 0 atom stereocenters. The Bertz CT molecular complexity index is 1200. The van der Waals surface area contributed by atoms with Gasteiger partial charge in [0.05, 0.1) is 22.3 Å². The molecule has 3 heterocycles. The number of rotatable bonds is 3. The number of aromatic amines is 1. The van der Waals surface area contributed by atoms with Crippen molar-refractivity contribution in [1.82, 2.24) is 15.3 Å². The summed E-state index contributed by atoms with van der Waals surface area (Å²) in [7, 11) is 0. The Morgan fingerprint density at radius 2 is 1.86 bits per heavy atom. The Labute approximate surface area is 160 Å². The molecule has 0 saturated carbocycles. The molecule has 2 aromatic carbocycles. The molecule has 5 nitrogen and oxygen atoms in total. The number of H-pyrrole nitrogens is 1. The Kier molecular flexibility index (Phi) is 3.83. The second-order valence-corrected chi connectivity index (χ2v) is 6.76. The molecule has 0 unspecified atom stereocenters. The summed E-state index contributed by atoms with van der Waals surface area (Å²) < 4.78 is 14.8. The summed E-state index contributed by atoms with van der Waals surface area (Å²) in [4.78, 5) is 20.0. The van der Waals surface area contributed by atoms with E-state index in [4.69, 9.17) is 0 Å². The Hall–Kier alpha value is -3.67. The van der Waals surface area contributed by atoms with Crippen LogP contribution in [0.1, 0.15) is 16.1 Å². The van der Waals surface area contributed by atoms with E-state index in [1.54, 1.807) is 12.1 Å². The van der Waals surface area contributed by atoms with Crippen LogP contribution in [0.5, 0.6) is 0 Å². The number of amides is 1. The zero-order valence-corrected chi connectivity index (χ0v) is 14.9. The van der Waals surface area contributed by atoms with Crippen molar-refractivity contribution in [1.29, 1.82) is 0 Å². The summed E-state index contributed by atoms with van der Waals surface area (Å²) in [6.07, 6.45) is 0.696. The lowest BCUT2D eigenvalue weighted by Gasteiger charge is -2.11. The number of aromatic nitrogens is 2. The minimum atomic E-state index is -0.379. The average Bonchev–Trinajstić information content (AvgIpc) is 3.14. The van der Waals surface area contributed by atoms with Crippen molar-refractivity contribution in [3.05, 3.63) is 77.7 Å². The maximum absolute atomic E-state index is 14.8. The number of benzene rings is 2. The third-order valence-corrected chi connectivity index (χ3v) is 4.93. The zero-order chi connectivity index (χ0) is 19.1. The molecule has 138 valence electrons. The van der Waals surface area contributed by atoms with Crippen molar-refractivity contribution in [3.63, 3.8) is 0 Å². The highest BCUT2D eigenvalue weighted by atomic mass is 19.1. The summed E-state index contributed by atoms with van der Waals surface area (Å²) >= 11 is 0. The van der Waals surface area contributed by atoms with Crippen molar-refractivity contribution >= 4 is 28.3 Å². The van der Waals surface area contributed by atoms with Crippen LogP contribution in [0.15, 0.2) is 60.7 Å². The Morgan fingerprint density at radius 1 is 1.04 bits per heavy atom. The van der Waals surface area contributed by atoms with E-state index in [0.717, 1.165) is 16.8 Å². The molecule has 0 spiro atoms. The van der Waals surface area contributed by atoms with Crippen LogP contribution >= 0.6 is 0 Å². The van der Waals surface area contributed by atoms with E-state index < -0.39 is 0 Å². The second-order valence-electron chi connectivity index (χ2n) is 6.76. The minimum Gasteiger partial charge on any atom is -0.358 e. The van der Waals surface area contributed by atoms with Crippen molar-refractivity contribution in [2.45, 2.75) is 6.42 Å². The van der Waals surface area contributed by atoms with Gasteiger partial charge < -0.3 is 15.6 Å². The molecule has 3 N–H and O–H groups in total. The molecule has 4 aromatic rings. The largest absolute Gasteiger partial charge is 0.358 e. The Balaban J connectivity index is 1.64. The van der Waals surface area contributed by atoms with Gasteiger partial charge in [-0.05, 0) is 42.5 Å². The highest BCUT2D eigenvalue weighted by Gasteiger charge is 2.22. The average molecular weight is 372 g/mol. The van der Waals surface area contributed by atoms with Crippen LogP contribution in [-0.4, -0.2) is 22.4 Å². The number of hydrogen-bond donors (Lipinski definition) is 3. The number of anilines is 2. The summed E-state index contributed by atoms with van der Waals surface area (Å²) in [5.74, 6) is 0.110. The van der Waals surface area contributed by atoms with Crippen LogP contribution in [0.3, 0.4) is 0 Å². The van der Waals surface area contributed by atoms with Crippen molar-refractivity contribution < 1.29 is 9.18 Å². The van der Waals surface area contributed by atoms with E-state index in [0.29, 0.717) is 41.1 Å². The summed E-state index contributed by atoms with van der Waals surface area (Å²) in [6.45, 7) is 0.577. The Morgan fingerprint density at radius 3 is 2.68 bits per heavy atom. The van der Waals surface area contributed by atoms with Crippen LogP contribution in [0.25, 0.3) is 22.2 Å². The van der Waals surface area contributed by atoms with E-state index in [-0.39, 0.29) is 11.7 Å². The maximum atomic E-state index is 14.8. The topological polar surface area (TPSA) is 69.8 Å². The first-order valence-corrected chi connectivity index (χ1v) is 9.11. The first-order chi connectivity index (χ1) is 13.7. The lowest BCUT2D eigenvalue weighted by molar-refractivity contribution is 0.0946. The first kappa shape index (κ1) is 16.5. The lowest BCUT2D eigenvalue weighted by atomic mass is 10.0. The third kappa shape index (κ3) is 2.79. The number of fused-ring (bicyclic) bond motifs is 2. The number of pyridine rings is 1. The molecule has 0 bridgehead atoms. The van der Waals surface area contributed by atoms with Crippen LogP contribution in [-0.2, 0) is 6.42 Å². The monoisotopic (exact) mass is 372 g/mol. The van der Waals surface area contributed by atoms with Crippen molar-refractivity contribution in [2.24, 2.45) is 0 Å². The van der Waals surface area contributed by atoms with Gasteiger partial charge >= 0.3 is 0 Å². The number of carbonyl (C=O) groups excluding carboxylic acids is 1.